The number of nitrogens with one attached hydrogen (secondary N) is 1. The van der Waals surface area contributed by atoms with Gasteiger partial charge in [0.1, 0.15) is 0 Å². The van der Waals surface area contributed by atoms with Gasteiger partial charge < -0.3 is 10.4 Å². The van der Waals surface area contributed by atoms with Crippen LogP contribution in [0.4, 0.5) is 5.82 Å². The Bertz CT molecular complexity index is 427. The summed E-state index contributed by atoms with van der Waals surface area (Å²) in [5.74, 6) is 0.507. The minimum Gasteiger partial charge on any atom is -0.395 e. The van der Waals surface area contributed by atoms with Gasteiger partial charge in [0, 0.05) is 31.9 Å². The van der Waals surface area contributed by atoms with Crippen LogP contribution in [0.1, 0.15) is 32.1 Å². The highest BCUT2D eigenvalue weighted by Crippen LogP contribution is 2.22. The Morgan fingerprint density at radius 2 is 2.25 bits per heavy atom. The molecule has 0 atom stereocenters. The highest BCUT2D eigenvalue weighted by Gasteiger charge is 2.22. The first-order valence-electron chi connectivity index (χ1n) is 7.33. The zero-order valence-corrected chi connectivity index (χ0v) is 12.1. The number of hydrogen-bond donors (Lipinski definition) is 2. The Labute approximate surface area is 119 Å². The molecule has 1 amide bonds. The number of rotatable bonds is 6. The van der Waals surface area contributed by atoms with Crippen molar-refractivity contribution >= 4 is 11.7 Å². The van der Waals surface area contributed by atoms with Gasteiger partial charge in [0.05, 0.1) is 13.2 Å². The number of hydrogen-bond acceptors (Lipinski definition) is 4. The van der Waals surface area contributed by atoms with E-state index in [0.717, 1.165) is 12.8 Å². The minimum atomic E-state index is -0.0669. The van der Waals surface area contributed by atoms with Crippen molar-refractivity contribution in [3.8, 4) is 0 Å². The summed E-state index contributed by atoms with van der Waals surface area (Å²) in [6.07, 6.45) is 7.75. The second kappa shape index (κ2) is 7.40. The maximum Gasteiger partial charge on any atom is 0.239 e. The molecule has 2 rings (SSSR count). The summed E-state index contributed by atoms with van der Waals surface area (Å²) >= 11 is 0. The summed E-state index contributed by atoms with van der Waals surface area (Å²) < 4.78 is 1.66. The first-order chi connectivity index (χ1) is 9.69. The maximum absolute atomic E-state index is 12.1. The SMILES string of the molecule is Cn1ccc(NC(=O)CN(CCO)C2CCCCC2)n1. The molecule has 6 nitrogen and oxygen atoms in total. The van der Waals surface area contributed by atoms with Crippen LogP contribution in [-0.4, -0.2) is 51.4 Å². The predicted octanol–water partition coefficient (Wildman–Crippen LogP) is 0.986. The van der Waals surface area contributed by atoms with Crippen molar-refractivity contribution in [1.82, 2.24) is 14.7 Å². The Hall–Kier alpha value is -1.40. The first-order valence-corrected chi connectivity index (χ1v) is 7.33. The monoisotopic (exact) mass is 280 g/mol. The molecule has 0 unspecified atom stereocenters. The van der Waals surface area contributed by atoms with Gasteiger partial charge in [-0.2, -0.15) is 5.10 Å². The van der Waals surface area contributed by atoms with Gasteiger partial charge >= 0.3 is 0 Å². The van der Waals surface area contributed by atoms with Crippen molar-refractivity contribution in [2.24, 2.45) is 7.05 Å². The van der Waals surface area contributed by atoms with Gasteiger partial charge in [-0.25, -0.2) is 0 Å². The molecule has 0 aliphatic heterocycles. The van der Waals surface area contributed by atoms with E-state index in [4.69, 9.17) is 0 Å². The lowest BCUT2D eigenvalue weighted by molar-refractivity contribution is -0.118. The van der Waals surface area contributed by atoms with Gasteiger partial charge in [-0.1, -0.05) is 19.3 Å². The number of aryl methyl sites for hydroxylation is 1. The van der Waals surface area contributed by atoms with Crippen LogP contribution in [0.5, 0.6) is 0 Å². The number of carbonyl (C=O) groups is 1. The number of amides is 1. The van der Waals surface area contributed by atoms with Crippen LogP contribution in [-0.2, 0) is 11.8 Å². The molecular weight excluding hydrogens is 256 g/mol. The van der Waals surface area contributed by atoms with Gasteiger partial charge in [0.2, 0.25) is 5.91 Å². The van der Waals surface area contributed by atoms with Crippen LogP contribution in [0.25, 0.3) is 0 Å². The molecular formula is C14H24N4O2. The third-order valence-corrected chi connectivity index (χ3v) is 3.81. The highest BCUT2D eigenvalue weighted by atomic mass is 16.3. The summed E-state index contributed by atoms with van der Waals surface area (Å²) in [6.45, 7) is 0.968. The van der Waals surface area contributed by atoms with Crippen molar-refractivity contribution in [3.05, 3.63) is 12.3 Å². The molecule has 20 heavy (non-hydrogen) atoms. The Morgan fingerprint density at radius 1 is 1.50 bits per heavy atom. The van der Waals surface area contributed by atoms with Crippen molar-refractivity contribution in [3.63, 3.8) is 0 Å². The molecule has 0 spiro atoms. The second-order valence-corrected chi connectivity index (χ2v) is 5.41. The Kier molecular flexibility index (Phi) is 5.55. The zero-order valence-electron chi connectivity index (χ0n) is 12.1. The van der Waals surface area contributed by atoms with Crippen molar-refractivity contribution in [1.29, 1.82) is 0 Å². The fourth-order valence-electron chi connectivity index (χ4n) is 2.81. The largest absolute Gasteiger partial charge is 0.395 e. The Morgan fingerprint density at radius 3 is 2.85 bits per heavy atom. The average molecular weight is 280 g/mol. The van der Waals surface area contributed by atoms with E-state index in [1.807, 2.05) is 7.05 Å². The number of nitrogens with zero attached hydrogens (tertiary/aromatic N) is 3. The van der Waals surface area contributed by atoms with Crippen LogP contribution >= 0.6 is 0 Å². The summed E-state index contributed by atoms with van der Waals surface area (Å²) in [5, 5.41) is 16.1. The molecule has 1 heterocycles. The van der Waals surface area contributed by atoms with E-state index in [0.29, 0.717) is 24.9 Å². The van der Waals surface area contributed by atoms with E-state index in [1.54, 1.807) is 16.9 Å². The van der Waals surface area contributed by atoms with Crippen molar-refractivity contribution in [2.45, 2.75) is 38.1 Å². The summed E-state index contributed by atoms with van der Waals surface area (Å²) in [6, 6.07) is 2.19. The third-order valence-electron chi connectivity index (χ3n) is 3.81. The molecule has 0 bridgehead atoms. The lowest BCUT2D eigenvalue weighted by Gasteiger charge is -2.33. The van der Waals surface area contributed by atoms with Crippen LogP contribution in [0, 0.1) is 0 Å². The molecule has 1 saturated carbocycles. The summed E-state index contributed by atoms with van der Waals surface area (Å²) in [7, 11) is 1.82. The van der Waals surface area contributed by atoms with E-state index in [-0.39, 0.29) is 12.5 Å². The number of anilines is 1. The lowest BCUT2D eigenvalue weighted by atomic mass is 9.94. The first kappa shape index (κ1) is 15.0. The number of carbonyl (C=O) groups excluding carboxylic acids is 1. The molecule has 112 valence electrons. The second-order valence-electron chi connectivity index (χ2n) is 5.41. The average Bonchev–Trinajstić information content (AvgIpc) is 2.84. The zero-order chi connectivity index (χ0) is 14.4. The van der Waals surface area contributed by atoms with Crippen LogP contribution in [0.2, 0.25) is 0 Å². The normalized spacial score (nSPS) is 16.6. The van der Waals surface area contributed by atoms with E-state index in [2.05, 4.69) is 15.3 Å². The van der Waals surface area contributed by atoms with E-state index in [9.17, 15) is 9.90 Å². The Balaban J connectivity index is 1.87. The molecule has 0 saturated heterocycles. The number of aromatic nitrogens is 2. The summed E-state index contributed by atoms with van der Waals surface area (Å²) in [4.78, 5) is 14.2. The van der Waals surface area contributed by atoms with Crippen LogP contribution in [0.15, 0.2) is 12.3 Å². The molecule has 0 aromatic carbocycles. The molecule has 1 aromatic rings. The third kappa shape index (κ3) is 4.31. The van der Waals surface area contributed by atoms with E-state index >= 15 is 0 Å². The minimum absolute atomic E-state index is 0.0669. The quantitative estimate of drug-likeness (QED) is 0.815. The molecule has 1 aromatic heterocycles. The van der Waals surface area contributed by atoms with Gasteiger partial charge in [0.15, 0.2) is 5.82 Å². The fourth-order valence-corrected chi connectivity index (χ4v) is 2.81. The van der Waals surface area contributed by atoms with Crippen molar-refractivity contribution < 1.29 is 9.90 Å². The van der Waals surface area contributed by atoms with Crippen LogP contribution < -0.4 is 5.32 Å². The highest BCUT2D eigenvalue weighted by molar-refractivity contribution is 5.91. The maximum atomic E-state index is 12.1. The van der Waals surface area contributed by atoms with E-state index in [1.165, 1.54) is 19.3 Å². The molecule has 2 N–H and O–H groups in total. The summed E-state index contributed by atoms with van der Waals surface area (Å²) in [5.41, 5.74) is 0. The number of aliphatic hydroxyl groups is 1. The van der Waals surface area contributed by atoms with Crippen LogP contribution in [0.3, 0.4) is 0 Å². The fraction of sp³-hybridized carbons (Fsp3) is 0.714. The molecule has 0 radical (unpaired) electrons. The lowest BCUT2D eigenvalue weighted by Crippen LogP contribution is -2.43. The van der Waals surface area contributed by atoms with Gasteiger partial charge in [-0.15, -0.1) is 0 Å². The molecule has 1 aliphatic carbocycles. The van der Waals surface area contributed by atoms with Crippen molar-refractivity contribution in [2.75, 3.05) is 25.0 Å². The number of aliphatic hydroxyl groups excluding tert-OH is 1. The molecule has 6 heteroatoms. The van der Waals surface area contributed by atoms with E-state index < -0.39 is 0 Å². The standard InChI is InChI=1S/C14H24N4O2/c1-17-8-7-13(16-17)15-14(20)11-18(9-10-19)12-5-3-2-4-6-12/h7-8,12,19H,2-6,9-11H2,1H3,(H,15,16,20). The predicted molar refractivity (Wildman–Crippen MR) is 77.4 cm³/mol. The molecule has 1 aliphatic rings. The smallest absolute Gasteiger partial charge is 0.239 e. The van der Waals surface area contributed by atoms with Gasteiger partial charge in [-0.05, 0) is 12.8 Å². The topological polar surface area (TPSA) is 70.4 Å². The van der Waals surface area contributed by atoms with Gasteiger partial charge in [0.25, 0.3) is 0 Å². The van der Waals surface area contributed by atoms with Gasteiger partial charge in [-0.3, -0.25) is 14.4 Å². The molecule has 1 fully saturated rings.